The minimum atomic E-state index is -0.744. The highest BCUT2D eigenvalue weighted by molar-refractivity contribution is 5.89. The zero-order valence-corrected chi connectivity index (χ0v) is 23.2. The van der Waals surface area contributed by atoms with Crippen LogP contribution in [0.4, 0.5) is 0 Å². The Bertz CT molecular complexity index is 975. The van der Waals surface area contributed by atoms with E-state index in [1.165, 1.54) is 0 Å². The number of esters is 2. The van der Waals surface area contributed by atoms with Crippen LogP contribution in [-0.2, 0) is 28.6 Å². The molecule has 1 N–H and O–H groups in total. The number of aliphatic hydroxyl groups excluding tert-OH is 1. The van der Waals surface area contributed by atoms with Crippen molar-refractivity contribution >= 4 is 17.7 Å². The van der Waals surface area contributed by atoms with E-state index in [-0.39, 0.29) is 59.5 Å². The fraction of sp³-hybridized carbons (Fsp3) is 0.897. The standard InChI is InChI=1S/C29H44O7/c1-25(2,3)23(32)34-15-9-12-28(8)16-10-11-27(7)18(30)13-17(35-24(33)26(4,5)6)20(27)19(16)21(31)22-29(28,14-15)36-22/h15-17,19-22,31H,9-14H2,1-8H3/t15-,16-,17-,19+,20-,21+,22+,27+,28+,29+/m0/s1. The fourth-order valence-corrected chi connectivity index (χ4v) is 8.28. The molecule has 0 aromatic carbocycles. The number of ketones is 1. The molecule has 5 rings (SSSR count). The molecule has 7 nitrogen and oxygen atoms in total. The molecule has 0 radical (unpaired) electrons. The maximum Gasteiger partial charge on any atom is 0.311 e. The number of fused-ring (bicyclic) bond motifs is 4. The Morgan fingerprint density at radius 1 is 0.972 bits per heavy atom. The first-order chi connectivity index (χ1) is 16.5. The first-order valence-electron chi connectivity index (χ1n) is 13.8. The molecule has 1 aliphatic heterocycles. The van der Waals surface area contributed by atoms with Crippen LogP contribution in [0.3, 0.4) is 0 Å². The summed E-state index contributed by atoms with van der Waals surface area (Å²) >= 11 is 0. The van der Waals surface area contributed by atoms with Gasteiger partial charge in [0.05, 0.1) is 16.9 Å². The average Bonchev–Trinajstić information content (AvgIpc) is 3.43. The molecule has 1 spiro atoms. The average molecular weight is 505 g/mol. The molecular weight excluding hydrogens is 460 g/mol. The summed E-state index contributed by atoms with van der Waals surface area (Å²) in [5, 5.41) is 11.7. The van der Waals surface area contributed by atoms with Gasteiger partial charge in [-0.2, -0.15) is 0 Å². The van der Waals surface area contributed by atoms with Gasteiger partial charge in [0.25, 0.3) is 0 Å². The highest BCUT2D eigenvalue weighted by Crippen LogP contribution is 2.73. The van der Waals surface area contributed by atoms with Crippen molar-refractivity contribution in [1.82, 2.24) is 0 Å². The second-order valence-electron chi connectivity index (χ2n) is 14.8. The number of ether oxygens (including phenoxy) is 3. The van der Waals surface area contributed by atoms with Crippen molar-refractivity contribution in [1.29, 1.82) is 0 Å². The summed E-state index contributed by atoms with van der Waals surface area (Å²) in [5.41, 5.74) is -2.54. The van der Waals surface area contributed by atoms with E-state index in [2.05, 4.69) is 6.92 Å². The molecule has 1 heterocycles. The monoisotopic (exact) mass is 504 g/mol. The van der Waals surface area contributed by atoms with E-state index in [9.17, 15) is 19.5 Å². The van der Waals surface area contributed by atoms with E-state index in [0.717, 1.165) is 25.7 Å². The second-order valence-corrected chi connectivity index (χ2v) is 14.8. The van der Waals surface area contributed by atoms with Gasteiger partial charge in [0, 0.05) is 29.6 Å². The van der Waals surface area contributed by atoms with E-state index < -0.39 is 34.1 Å². The van der Waals surface area contributed by atoms with E-state index in [1.54, 1.807) is 0 Å². The predicted molar refractivity (Wildman–Crippen MR) is 132 cm³/mol. The van der Waals surface area contributed by atoms with Gasteiger partial charge in [-0.15, -0.1) is 0 Å². The van der Waals surface area contributed by atoms with Crippen molar-refractivity contribution < 1.29 is 33.7 Å². The summed E-state index contributed by atoms with van der Waals surface area (Å²) < 4.78 is 18.3. The quantitative estimate of drug-likeness (QED) is 0.443. The zero-order chi connectivity index (χ0) is 26.6. The summed E-state index contributed by atoms with van der Waals surface area (Å²) in [6, 6.07) is 0. The molecule has 36 heavy (non-hydrogen) atoms. The van der Waals surface area contributed by atoms with Crippen LogP contribution in [0.2, 0.25) is 0 Å². The van der Waals surface area contributed by atoms with Crippen molar-refractivity contribution in [2.75, 3.05) is 0 Å². The van der Waals surface area contributed by atoms with Crippen molar-refractivity contribution in [2.24, 2.45) is 39.4 Å². The summed E-state index contributed by atoms with van der Waals surface area (Å²) in [5.74, 6) is -0.624. The lowest BCUT2D eigenvalue weighted by Gasteiger charge is -2.59. The molecule has 0 bridgehead atoms. The lowest BCUT2D eigenvalue weighted by Crippen LogP contribution is -2.64. The van der Waals surface area contributed by atoms with Gasteiger partial charge >= 0.3 is 11.9 Å². The van der Waals surface area contributed by atoms with Crippen molar-refractivity contribution in [3.8, 4) is 0 Å². The Labute approximate surface area is 215 Å². The number of hydrogen-bond acceptors (Lipinski definition) is 7. The third kappa shape index (κ3) is 3.54. The molecule has 0 unspecified atom stereocenters. The van der Waals surface area contributed by atoms with Crippen LogP contribution < -0.4 is 0 Å². The Hall–Kier alpha value is -1.47. The number of carbonyl (C=O) groups is 3. The zero-order valence-electron chi connectivity index (χ0n) is 23.2. The summed E-state index contributed by atoms with van der Waals surface area (Å²) in [7, 11) is 0. The number of hydrogen-bond donors (Lipinski definition) is 1. The predicted octanol–water partition coefficient (Wildman–Crippen LogP) is 4.23. The Kier molecular flexibility index (Phi) is 5.65. The largest absolute Gasteiger partial charge is 0.462 e. The molecule has 4 aliphatic carbocycles. The number of epoxide rings is 1. The van der Waals surface area contributed by atoms with Crippen LogP contribution in [0.15, 0.2) is 0 Å². The van der Waals surface area contributed by atoms with Gasteiger partial charge in [0.1, 0.15) is 29.7 Å². The van der Waals surface area contributed by atoms with Crippen LogP contribution in [0.1, 0.15) is 93.9 Å². The Balaban J connectivity index is 1.43. The van der Waals surface area contributed by atoms with Crippen LogP contribution >= 0.6 is 0 Å². The number of rotatable bonds is 2. The van der Waals surface area contributed by atoms with Gasteiger partial charge in [-0.25, -0.2) is 0 Å². The number of Topliss-reactive ketones (excluding diaryl/α,β-unsaturated/α-hetero) is 1. The van der Waals surface area contributed by atoms with Crippen LogP contribution in [-0.4, -0.2) is 52.8 Å². The maximum atomic E-state index is 13.3. The SMILES string of the molecule is CC(C)(C)C(=O)O[C@H]1CC[C@]2(C)[C@H]3CC[C@]4(C)C(=O)C[C@H](OC(=O)C(C)(C)C)[C@H]4[C@@H]3[C@@H](O)[C@H]3O[C@]32C1. The lowest BCUT2D eigenvalue weighted by atomic mass is 9.44. The smallest absolute Gasteiger partial charge is 0.311 e. The molecule has 0 aromatic heterocycles. The van der Waals surface area contributed by atoms with Gasteiger partial charge in [-0.3, -0.25) is 14.4 Å². The van der Waals surface area contributed by atoms with Gasteiger partial charge in [-0.1, -0.05) is 13.8 Å². The van der Waals surface area contributed by atoms with Crippen LogP contribution in [0, 0.1) is 39.4 Å². The van der Waals surface area contributed by atoms with E-state index in [0.29, 0.717) is 6.42 Å². The Morgan fingerprint density at radius 2 is 1.58 bits per heavy atom. The van der Waals surface area contributed by atoms with E-state index in [4.69, 9.17) is 14.2 Å². The third-order valence-electron chi connectivity index (χ3n) is 10.5. The van der Waals surface area contributed by atoms with Crippen molar-refractivity contribution in [2.45, 2.75) is 124 Å². The van der Waals surface area contributed by atoms with Crippen molar-refractivity contribution in [3.05, 3.63) is 0 Å². The molecule has 5 fully saturated rings. The highest BCUT2D eigenvalue weighted by Gasteiger charge is 2.80. The minimum Gasteiger partial charge on any atom is -0.462 e. The van der Waals surface area contributed by atoms with Crippen LogP contribution in [0.5, 0.6) is 0 Å². The van der Waals surface area contributed by atoms with Crippen molar-refractivity contribution in [3.63, 3.8) is 0 Å². The molecule has 1 saturated heterocycles. The highest BCUT2D eigenvalue weighted by atomic mass is 16.6. The summed E-state index contributed by atoms with van der Waals surface area (Å²) in [4.78, 5) is 38.7. The second kappa shape index (κ2) is 7.78. The molecule has 7 heteroatoms. The summed E-state index contributed by atoms with van der Waals surface area (Å²) in [6.45, 7) is 15.3. The molecule has 0 aromatic rings. The lowest BCUT2D eigenvalue weighted by molar-refractivity contribution is -0.186. The van der Waals surface area contributed by atoms with Crippen LogP contribution in [0.25, 0.3) is 0 Å². The van der Waals surface area contributed by atoms with E-state index in [1.807, 2.05) is 48.5 Å². The summed E-state index contributed by atoms with van der Waals surface area (Å²) in [6.07, 6.45) is 2.15. The molecule has 10 atom stereocenters. The van der Waals surface area contributed by atoms with Gasteiger partial charge in [0.15, 0.2) is 0 Å². The van der Waals surface area contributed by atoms with Gasteiger partial charge < -0.3 is 19.3 Å². The topological polar surface area (TPSA) is 102 Å². The number of carbonyl (C=O) groups excluding carboxylic acids is 3. The third-order valence-corrected chi connectivity index (χ3v) is 10.5. The fourth-order valence-electron chi connectivity index (χ4n) is 8.28. The molecule has 0 amide bonds. The van der Waals surface area contributed by atoms with Gasteiger partial charge in [0.2, 0.25) is 0 Å². The normalized spacial score (nSPS) is 47.7. The van der Waals surface area contributed by atoms with Gasteiger partial charge in [-0.05, 0) is 79.1 Å². The molecular formula is C29H44O7. The molecule has 4 saturated carbocycles. The number of aliphatic hydroxyl groups is 1. The van der Waals surface area contributed by atoms with E-state index >= 15 is 0 Å². The maximum absolute atomic E-state index is 13.3. The molecule has 5 aliphatic rings. The minimum absolute atomic E-state index is 0.140. The molecule has 202 valence electrons. The first kappa shape index (κ1) is 26.1. The Morgan fingerprint density at radius 3 is 2.19 bits per heavy atom. The first-order valence-corrected chi connectivity index (χ1v) is 13.8.